The average Bonchev–Trinajstić information content (AvgIpc) is 2.67. The molecule has 5 nitrogen and oxygen atoms in total. The number of nitrogens with one attached hydrogen (secondary N) is 1. The van der Waals surface area contributed by atoms with Gasteiger partial charge in [-0.25, -0.2) is 0 Å². The number of nitriles is 1. The van der Waals surface area contributed by atoms with Crippen molar-refractivity contribution < 1.29 is 14.3 Å². The van der Waals surface area contributed by atoms with E-state index < -0.39 is 5.91 Å². The van der Waals surface area contributed by atoms with Crippen LogP contribution in [-0.2, 0) is 4.79 Å². The van der Waals surface area contributed by atoms with Crippen molar-refractivity contribution in [3.05, 3.63) is 57.6 Å². The highest BCUT2D eigenvalue weighted by molar-refractivity contribution is 6.37. The number of nitrogens with zero attached hydrogens (tertiary/aromatic N) is 1. The minimum atomic E-state index is -0.563. The molecule has 0 fully saturated rings. The summed E-state index contributed by atoms with van der Waals surface area (Å²) in [6.45, 7) is 2.44. The van der Waals surface area contributed by atoms with E-state index in [1.807, 2.05) is 13.0 Å². The fourth-order valence-corrected chi connectivity index (χ4v) is 2.84. The molecule has 1 N–H and O–H groups in total. The smallest absolute Gasteiger partial charge is 0.266 e. The van der Waals surface area contributed by atoms with Crippen LogP contribution in [0.4, 0.5) is 5.69 Å². The Bertz CT molecular complexity index is 948. The van der Waals surface area contributed by atoms with E-state index in [2.05, 4.69) is 11.2 Å². The Morgan fingerprint density at radius 3 is 2.39 bits per heavy atom. The number of anilines is 1. The van der Waals surface area contributed by atoms with Gasteiger partial charge in [-0.1, -0.05) is 29.1 Å². The number of hydrogen-bond acceptors (Lipinski definition) is 4. The van der Waals surface area contributed by atoms with Gasteiger partial charge in [0.05, 0.1) is 16.7 Å². The van der Waals surface area contributed by atoms with Crippen LogP contribution in [-0.4, -0.2) is 19.1 Å². The molecule has 0 unspecified atom stereocenters. The summed E-state index contributed by atoms with van der Waals surface area (Å²) < 4.78 is 10.6. The Balaban J connectivity index is 2.19. The number of halogens is 2. The topological polar surface area (TPSA) is 71.3 Å². The van der Waals surface area contributed by atoms with Gasteiger partial charge in [-0.15, -0.1) is 6.42 Å². The summed E-state index contributed by atoms with van der Waals surface area (Å²) in [5.41, 5.74) is 0.892. The third kappa shape index (κ3) is 5.69. The van der Waals surface area contributed by atoms with Crippen LogP contribution < -0.4 is 14.8 Å². The normalized spacial score (nSPS) is 10.5. The number of benzene rings is 2. The van der Waals surface area contributed by atoms with E-state index in [0.717, 1.165) is 0 Å². The maximum absolute atomic E-state index is 12.4. The monoisotopic (exact) mass is 414 g/mol. The molecule has 142 valence electrons. The second-order valence-electron chi connectivity index (χ2n) is 5.39. The predicted molar refractivity (Wildman–Crippen MR) is 111 cm³/mol. The first-order valence-electron chi connectivity index (χ1n) is 8.19. The van der Waals surface area contributed by atoms with Crippen molar-refractivity contribution in [2.45, 2.75) is 6.92 Å². The Morgan fingerprint density at radius 1 is 1.21 bits per heavy atom. The van der Waals surface area contributed by atoms with Crippen LogP contribution in [0.15, 0.2) is 42.0 Å². The molecule has 0 heterocycles. The maximum Gasteiger partial charge on any atom is 0.266 e. The highest BCUT2D eigenvalue weighted by Crippen LogP contribution is 2.34. The fourth-order valence-electron chi connectivity index (χ4n) is 2.23. The first-order chi connectivity index (χ1) is 13.5. The summed E-state index contributed by atoms with van der Waals surface area (Å²) in [6, 6.07) is 11.7. The molecular formula is C21H16Cl2N2O3. The number of carbonyl (C=O) groups is 1. The van der Waals surface area contributed by atoms with Crippen LogP contribution in [0.1, 0.15) is 12.5 Å². The summed E-state index contributed by atoms with van der Waals surface area (Å²) in [7, 11) is 0. The number of carbonyl (C=O) groups excluding carboxylic acids is 1. The predicted octanol–water partition coefficient (Wildman–Crippen LogP) is 4.95. The molecule has 28 heavy (non-hydrogen) atoms. The molecule has 2 rings (SSSR count). The lowest BCUT2D eigenvalue weighted by Gasteiger charge is -2.09. The Kier molecular flexibility index (Phi) is 7.77. The van der Waals surface area contributed by atoms with Crippen molar-refractivity contribution in [2.75, 3.05) is 18.5 Å². The molecule has 7 heteroatoms. The molecule has 0 saturated heterocycles. The van der Waals surface area contributed by atoms with Gasteiger partial charge in [-0.3, -0.25) is 4.79 Å². The van der Waals surface area contributed by atoms with Crippen LogP contribution in [0.5, 0.6) is 11.5 Å². The van der Waals surface area contributed by atoms with E-state index in [1.54, 1.807) is 24.3 Å². The van der Waals surface area contributed by atoms with E-state index in [9.17, 15) is 10.1 Å². The highest BCUT2D eigenvalue weighted by Gasteiger charge is 2.13. The van der Waals surface area contributed by atoms with Gasteiger partial charge in [0.2, 0.25) is 0 Å². The van der Waals surface area contributed by atoms with Crippen molar-refractivity contribution >= 4 is 40.9 Å². The first kappa shape index (κ1) is 21.2. The van der Waals surface area contributed by atoms with Crippen molar-refractivity contribution in [2.24, 2.45) is 0 Å². The lowest BCUT2D eigenvalue weighted by atomic mass is 10.1. The Morgan fingerprint density at radius 2 is 1.86 bits per heavy atom. The summed E-state index contributed by atoms with van der Waals surface area (Å²) in [5.74, 6) is 2.69. The second-order valence-corrected chi connectivity index (χ2v) is 6.20. The number of ether oxygens (including phenoxy) is 2. The van der Waals surface area contributed by atoms with E-state index >= 15 is 0 Å². The van der Waals surface area contributed by atoms with Gasteiger partial charge in [-0.2, -0.15) is 5.26 Å². The minimum Gasteiger partial charge on any atom is -0.494 e. The molecule has 0 aliphatic carbocycles. The van der Waals surface area contributed by atoms with E-state index in [4.69, 9.17) is 39.1 Å². The standard InChI is InChI=1S/C21H16Cl2N2O3/c1-3-9-28-20-18(22)11-14(12-19(20)23)10-15(13-24)21(26)25-16-5-7-17(8-6-16)27-4-2/h1,5-8,10-12H,4,9H2,2H3,(H,25,26)/b15-10-. The number of terminal acetylenes is 1. The van der Waals surface area contributed by atoms with E-state index in [0.29, 0.717) is 23.6 Å². The van der Waals surface area contributed by atoms with Gasteiger partial charge in [-0.05, 0) is 55.0 Å². The fraction of sp³-hybridized carbons (Fsp3) is 0.143. The lowest BCUT2D eigenvalue weighted by Crippen LogP contribution is -2.13. The third-order valence-electron chi connectivity index (χ3n) is 3.42. The minimum absolute atomic E-state index is 0.0164. The second kappa shape index (κ2) is 10.3. The molecule has 0 spiro atoms. The largest absolute Gasteiger partial charge is 0.494 e. The quantitative estimate of drug-likeness (QED) is 0.395. The van der Waals surface area contributed by atoms with Crippen molar-refractivity contribution in [1.29, 1.82) is 5.26 Å². The number of amides is 1. The molecule has 0 bridgehead atoms. The van der Waals surface area contributed by atoms with Gasteiger partial charge >= 0.3 is 0 Å². The van der Waals surface area contributed by atoms with Crippen LogP contribution in [0.3, 0.4) is 0 Å². The Hall–Kier alpha value is -3.12. The van der Waals surface area contributed by atoms with E-state index in [1.165, 1.54) is 18.2 Å². The number of hydrogen-bond donors (Lipinski definition) is 1. The third-order valence-corrected chi connectivity index (χ3v) is 3.98. The van der Waals surface area contributed by atoms with E-state index in [-0.39, 0.29) is 28.0 Å². The molecule has 0 aliphatic heterocycles. The van der Waals surface area contributed by atoms with Crippen molar-refractivity contribution in [3.63, 3.8) is 0 Å². The zero-order valence-electron chi connectivity index (χ0n) is 15.0. The summed E-state index contributed by atoms with van der Waals surface area (Å²) >= 11 is 12.3. The molecule has 0 aromatic heterocycles. The molecule has 0 radical (unpaired) electrons. The van der Waals surface area contributed by atoms with Crippen LogP contribution >= 0.6 is 23.2 Å². The van der Waals surface area contributed by atoms with Gasteiger partial charge < -0.3 is 14.8 Å². The number of rotatable bonds is 7. The zero-order chi connectivity index (χ0) is 20.5. The van der Waals surface area contributed by atoms with Crippen LogP contribution in [0.2, 0.25) is 10.0 Å². The molecule has 0 atom stereocenters. The lowest BCUT2D eigenvalue weighted by molar-refractivity contribution is -0.112. The van der Waals surface area contributed by atoms with Gasteiger partial charge in [0.15, 0.2) is 5.75 Å². The van der Waals surface area contributed by atoms with Crippen molar-refractivity contribution in [3.8, 4) is 29.9 Å². The molecular weight excluding hydrogens is 399 g/mol. The van der Waals surface area contributed by atoms with Crippen LogP contribution in [0, 0.1) is 23.7 Å². The molecule has 2 aromatic carbocycles. The SMILES string of the molecule is C#CCOc1c(Cl)cc(/C=C(/C#N)C(=O)Nc2ccc(OCC)cc2)cc1Cl. The van der Waals surface area contributed by atoms with Gasteiger partial charge in [0.1, 0.15) is 24.0 Å². The molecule has 0 saturated carbocycles. The molecule has 0 aliphatic rings. The summed E-state index contributed by atoms with van der Waals surface area (Å²) in [5, 5.41) is 12.4. The average molecular weight is 415 g/mol. The molecule has 1 amide bonds. The molecule has 2 aromatic rings. The summed E-state index contributed by atoms with van der Waals surface area (Å²) in [4.78, 5) is 12.4. The van der Waals surface area contributed by atoms with Gasteiger partial charge in [0, 0.05) is 5.69 Å². The van der Waals surface area contributed by atoms with Gasteiger partial charge in [0.25, 0.3) is 5.91 Å². The van der Waals surface area contributed by atoms with Crippen molar-refractivity contribution in [1.82, 2.24) is 0 Å². The highest BCUT2D eigenvalue weighted by atomic mass is 35.5. The first-order valence-corrected chi connectivity index (χ1v) is 8.95. The van der Waals surface area contributed by atoms with Crippen LogP contribution in [0.25, 0.3) is 6.08 Å². The summed E-state index contributed by atoms with van der Waals surface area (Å²) in [6.07, 6.45) is 6.53. The Labute approximate surface area is 173 Å². The zero-order valence-corrected chi connectivity index (χ0v) is 16.5. The maximum atomic E-state index is 12.4.